The van der Waals surface area contributed by atoms with Gasteiger partial charge in [-0.1, -0.05) is 32.9 Å². The number of hydrogen-bond donors (Lipinski definition) is 2. The number of imidazole rings is 1. The molecule has 2 fully saturated rings. The second-order valence-electron chi connectivity index (χ2n) is 10.5. The third-order valence-corrected chi connectivity index (χ3v) is 7.96. The number of fused-ring (bicyclic) bond motifs is 3. The van der Waals surface area contributed by atoms with E-state index in [0.717, 1.165) is 61.8 Å². The molecule has 1 saturated heterocycles. The molecular formula is C28H40N4O3. The lowest BCUT2D eigenvalue weighted by Crippen LogP contribution is -2.54. The van der Waals surface area contributed by atoms with Gasteiger partial charge in [-0.2, -0.15) is 0 Å². The summed E-state index contributed by atoms with van der Waals surface area (Å²) in [6.45, 7) is 9.98. The summed E-state index contributed by atoms with van der Waals surface area (Å²) in [5, 5.41) is 2.76. The summed E-state index contributed by atoms with van der Waals surface area (Å²) in [4.78, 5) is 36.2. The molecule has 1 aromatic heterocycles. The van der Waals surface area contributed by atoms with Gasteiger partial charge in [-0.05, 0) is 80.4 Å². The van der Waals surface area contributed by atoms with Gasteiger partial charge in [-0.15, -0.1) is 6.58 Å². The first-order valence-electron chi connectivity index (χ1n) is 13.1. The van der Waals surface area contributed by atoms with E-state index in [0.29, 0.717) is 11.8 Å². The Bertz CT molecular complexity index is 1060. The van der Waals surface area contributed by atoms with Crippen LogP contribution in [0, 0.1) is 11.8 Å². The number of carbonyl (C=O) groups excluding carboxylic acids is 2. The number of amides is 2. The monoisotopic (exact) mass is 480 g/mol. The Morgan fingerprint density at radius 3 is 2.83 bits per heavy atom. The number of rotatable bonds is 10. The molecule has 1 aromatic carbocycles. The van der Waals surface area contributed by atoms with E-state index in [1.807, 2.05) is 24.8 Å². The number of allylic oxidation sites excluding steroid dienone is 1. The molecule has 0 spiro atoms. The number of methoxy groups -OCH3 is 1. The number of nitrogens with zero attached hydrogens (tertiary/aromatic N) is 2. The van der Waals surface area contributed by atoms with E-state index >= 15 is 0 Å². The molecule has 35 heavy (non-hydrogen) atoms. The summed E-state index contributed by atoms with van der Waals surface area (Å²) in [5.41, 5.74) is 3.30. The van der Waals surface area contributed by atoms with Crippen molar-refractivity contribution in [1.82, 2.24) is 20.2 Å². The molecule has 5 unspecified atom stereocenters. The number of H-pyrrole nitrogens is 1. The van der Waals surface area contributed by atoms with E-state index in [1.54, 1.807) is 0 Å². The maximum absolute atomic E-state index is 13.7. The van der Waals surface area contributed by atoms with Crippen molar-refractivity contribution >= 4 is 23.0 Å². The van der Waals surface area contributed by atoms with Crippen molar-refractivity contribution in [2.75, 3.05) is 7.11 Å². The minimum absolute atomic E-state index is 0.0444. The lowest BCUT2D eigenvalue weighted by Gasteiger charge is -2.37. The Morgan fingerprint density at radius 2 is 2.14 bits per heavy atom. The highest BCUT2D eigenvalue weighted by Crippen LogP contribution is 2.50. The number of benzene rings is 1. The summed E-state index contributed by atoms with van der Waals surface area (Å²) >= 11 is 0. The Hall–Kier alpha value is -2.83. The topological polar surface area (TPSA) is 87.3 Å². The Balaban J connectivity index is 1.61. The van der Waals surface area contributed by atoms with Gasteiger partial charge in [-0.25, -0.2) is 9.78 Å². The normalized spacial score (nSPS) is 23.0. The molecule has 1 aliphatic heterocycles. The molecule has 190 valence electrons. The van der Waals surface area contributed by atoms with Crippen LogP contribution in [0.1, 0.15) is 89.1 Å². The number of nitrogens with one attached hydrogen (secondary N) is 2. The van der Waals surface area contributed by atoms with Gasteiger partial charge >= 0.3 is 6.09 Å². The molecule has 2 N–H and O–H groups in total. The molecule has 7 heteroatoms. The van der Waals surface area contributed by atoms with Gasteiger partial charge in [0, 0.05) is 6.04 Å². The zero-order valence-electron chi connectivity index (χ0n) is 21.5. The first-order chi connectivity index (χ1) is 16.9. The van der Waals surface area contributed by atoms with Crippen LogP contribution < -0.4 is 5.32 Å². The first-order valence-corrected chi connectivity index (χ1v) is 13.1. The Labute approximate surface area is 208 Å². The van der Waals surface area contributed by atoms with Crippen molar-refractivity contribution in [1.29, 1.82) is 0 Å². The van der Waals surface area contributed by atoms with Crippen LogP contribution in [0.4, 0.5) is 4.79 Å². The van der Waals surface area contributed by atoms with Crippen molar-refractivity contribution in [2.45, 2.75) is 89.8 Å². The predicted octanol–water partition coefficient (Wildman–Crippen LogP) is 5.85. The fourth-order valence-corrected chi connectivity index (χ4v) is 6.07. The van der Waals surface area contributed by atoms with E-state index < -0.39 is 12.1 Å². The van der Waals surface area contributed by atoms with Crippen LogP contribution in [0.15, 0.2) is 30.9 Å². The number of hydrogen-bond acceptors (Lipinski definition) is 4. The summed E-state index contributed by atoms with van der Waals surface area (Å²) in [6, 6.07) is 6.03. The third-order valence-electron chi connectivity index (χ3n) is 7.96. The minimum Gasteiger partial charge on any atom is -0.453 e. The lowest BCUT2D eigenvalue weighted by atomic mass is 9.91. The minimum atomic E-state index is -0.624. The highest BCUT2D eigenvalue weighted by atomic mass is 16.5. The first kappa shape index (κ1) is 25.3. The van der Waals surface area contributed by atoms with Gasteiger partial charge in [0.2, 0.25) is 5.91 Å². The molecular weight excluding hydrogens is 440 g/mol. The van der Waals surface area contributed by atoms with E-state index in [1.165, 1.54) is 12.7 Å². The molecule has 2 aliphatic rings. The number of aromatic amines is 1. The van der Waals surface area contributed by atoms with E-state index in [4.69, 9.17) is 9.72 Å². The van der Waals surface area contributed by atoms with Crippen molar-refractivity contribution in [2.24, 2.45) is 11.8 Å². The quantitative estimate of drug-likeness (QED) is 0.330. The summed E-state index contributed by atoms with van der Waals surface area (Å²) in [6.07, 6.45) is 8.94. The van der Waals surface area contributed by atoms with Gasteiger partial charge in [0.1, 0.15) is 11.9 Å². The second kappa shape index (κ2) is 10.8. The van der Waals surface area contributed by atoms with Gasteiger partial charge in [0.05, 0.1) is 24.2 Å². The van der Waals surface area contributed by atoms with Gasteiger partial charge in [0.15, 0.2) is 0 Å². The summed E-state index contributed by atoms with van der Waals surface area (Å²) in [5.74, 6) is 1.67. The number of alkyl carbamates (subject to hydrolysis) is 1. The second-order valence-corrected chi connectivity index (χ2v) is 10.5. The highest BCUT2D eigenvalue weighted by molar-refractivity contribution is 5.87. The molecule has 4 rings (SSSR count). The van der Waals surface area contributed by atoms with Gasteiger partial charge in [-0.3, -0.25) is 4.79 Å². The fraction of sp³-hybridized carbons (Fsp3) is 0.607. The number of carbonyl (C=O) groups is 2. The van der Waals surface area contributed by atoms with Crippen LogP contribution in [0.2, 0.25) is 0 Å². The highest BCUT2D eigenvalue weighted by Gasteiger charge is 2.51. The van der Waals surface area contributed by atoms with Crippen LogP contribution in [0.25, 0.3) is 11.0 Å². The summed E-state index contributed by atoms with van der Waals surface area (Å²) in [7, 11) is 1.32. The van der Waals surface area contributed by atoms with E-state index in [9.17, 15) is 9.59 Å². The van der Waals surface area contributed by atoms with Crippen LogP contribution >= 0.6 is 0 Å². The third kappa shape index (κ3) is 5.09. The molecule has 2 bridgehead atoms. The summed E-state index contributed by atoms with van der Waals surface area (Å²) < 4.78 is 4.78. The van der Waals surface area contributed by atoms with Crippen LogP contribution in [0.5, 0.6) is 0 Å². The molecule has 2 amide bonds. The molecule has 5 atom stereocenters. The average Bonchev–Trinajstić information content (AvgIpc) is 3.58. The molecule has 1 saturated carbocycles. The smallest absolute Gasteiger partial charge is 0.407 e. The van der Waals surface area contributed by atoms with E-state index in [2.05, 4.69) is 42.0 Å². The van der Waals surface area contributed by atoms with Crippen LogP contribution in [0.3, 0.4) is 0 Å². The van der Waals surface area contributed by atoms with Crippen LogP contribution in [-0.2, 0) is 9.53 Å². The van der Waals surface area contributed by atoms with Crippen molar-refractivity contribution in [3.8, 4) is 0 Å². The Kier molecular flexibility index (Phi) is 7.82. The SMILES string of the molecule is C=CCCCC(CC)c1ccc2nc(C3C4CCC(C4)N3C(=O)C(NC(=O)OC)C(C)C)[nH]c2c1. The van der Waals surface area contributed by atoms with Crippen molar-refractivity contribution in [3.63, 3.8) is 0 Å². The lowest BCUT2D eigenvalue weighted by molar-refractivity contribution is -0.139. The number of unbranched alkanes of at least 4 members (excludes halogenated alkanes) is 1. The molecule has 2 heterocycles. The number of likely N-dealkylation sites (tertiary alicyclic amines) is 1. The van der Waals surface area contributed by atoms with Gasteiger partial charge in [0.25, 0.3) is 0 Å². The number of aromatic nitrogens is 2. The maximum Gasteiger partial charge on any atom is 0.407 e. The van der Waals surface area contributed by atoms with Gasteiger partial charge < -0.3 is 19.9 Å². The van der Waals surface area contributed by atoms with E-state index in [-0.39, 0.29) is 23.9 Å². The molecule has 2 aromatic rings. The number of piperidine rings is 1. The standard InChI is InChI=1S/C28H40N4O3/c1-6-8-9-10-18(7-2)19-12-14-22-23(16-19)30-26(29-22)25-20-11-13-21(15-20)32(25)27(33)24(17(3)4)31-28(34)35-5/h6,12,14,16-18,20-21,24-25H,1,7-11,13,15H2,2-5H3,(H,29,30)(H,31,34). The van der Waals surface area contributed by atoms with Crippen molar-refractivity contribution in [3.05, 3.63) is 42.2 Å². The predicted molar refractivity (Wildman–Crippen MR) is 138 cm³/mol. The van der Waals surface area contributed by atoms with Crippen molar-refractivity contribution < 1.29 is 14.3 Å². The fourth-order valence-electron chi connectivity index (χ4n) is 6.07. The Morgan fingerprint density at radius 1 is 1.34 bits per heavy atom. The molecule has 1 aliphatic carbocycles. The number of ether oxygens (including phenoxy) is 1. The molecule has 0 radical (unpaired) electrons. The largest absolute Gasteiger partial charge is 0.453 e. The average molecular weight is 481 g/mol. The zero-order chi connectivity index (χ0) is 25.1. The zero-order valence-corrected chi connectivity index (χ0v) is 21.5. The van der Waals surface area contributed by atoms with Crippen LogP contribution in [-0.4, -0.2) is 46.1 Å². The maximum atomic E-state index is 13.7. The molecule has 7 nitrogen and oxygen atoms in total.